The summed E-state index contributed by atoms with van der Waals surface area (Å²) < 4.78 is 7.76. The van der Waals surface area contributed by atoms with E-state index in [1.165, 1.54) is 21.8 Å². The minimum absolute atomic E-state index is 0.0190. The Morgan fingerprint density at radius 3 is 2.70 bits per heavy atom. The summed E-state index contributed by atoms with van der Waals surface area (Å²) in [6, 6.07) is 7.09. The Morgan fingerprint density at radius 1 is 1.21 bits per heavy atom. The highest BCUT2D eigenvalue weighted by atomic mass is 32.2. The predicted octanol–water partition coefficient (Wildman–Crippen LogP) is 0.991. The first kappa shape index (κ1) is 22.3. The van der Waals surface area contributed by atoms with Crippen LogP contribution >= 0.6 is 11.8 Å². The molecular formula is C21H20N6O5S. The molecule has 1 saturated heterocycles. The van der Waals surface area contributed by atoms with Gasteiger partial charge >= 0.3 is 0 Å². The highest BCUT2D eigenvalue weighted by Crippen LogP contribution is 2.32. The molecule has 0 radical (unpaired) electrons. The molecule has 3 amide bonds. The predicted molar refractivity (Wildman–Crippen MR) is 121 cm³/mol. The molecule has 11 nitrogen and oxygen atoms in total. The number of nitrogens with zero attached hydrogens (tertiary/aromatic N) is 5. The van der Waals surface area contributed by atoms with Gasteiger partial charge in [-0.05, 0) is 35.5 Å². The van der Waals surface area contributed by atoms with E-state index in [2.05, 4.69) is 15.4 Å². The fourth-order valence-corrected chi connectivity index (χ4v) is 4.11. The summed E-state index contributed by atoms with van der Waals surface area (Å²) in [4.78, 5) is 55.1. The molecule has 0 atom stereocenters. The molecule has 0 saturated carbocycles. The van der Waals surface area contributed by atoms with E-state index in [9.17, 15) is 19.2 Å². The average Bonchev–Trinajstić information content (AvgIpc) is 3.31. The number of hydrogen-bond acceptors (Lipinski definition) is 8. The summed E-state index contributed by atoms with van der Waals surface area (Å²) in [5.74, 6) is -0.171. The zero-order valence-electron chi connectivity index (χ0n) is 17.8. The molecule has 3 aromatic rings. The number of nitrogens with one attached hydrogen (secondary N) is 1. The van der Waals surface area contributed by atoms with Crippen molar-refractivity contribution in [1.29, 1.82) is 0 Å². The van der Waals surface area contributed by atoms with Crippen LogP contribution in [0.3, 0.4) is 0 Å². The zero-order chi connectivity index (χ0) is 23.5. The maximum atomic E-state index is 12.6. The van der Waals surface area contributed by atoms with Crippen molar-refractivity contribution in [2.75, 3.05) is 20.2 Å². The standard InChI is InChI=1S/C21H20N6O5S/c1-25-18-15(10-24-25)19(29)26(12-23-18)11-17(28)22-7-8-27-20(30)16(33-21(27)31)9-13-3-5-14(32-2)6-4-13/h3-6,9-10,12H,7-8,11H2,1-2H3,(H,22,28). The number of methoxy groups -OCH3 is 1. The molecule has 170 valence electrons. The Bertz CT molecular complexity index is 1330. The second-order valence-corrected chi connectivity index (χ2v) is 8.13. The highest BCUT2D eigenvalue weighted by molar-refractivity contribution is 8.18. The molecule has 1 aliphatic heterocycles. The van der Waals surface area contributed by atoms with Crippen molar-refractivity contribution in [1.82, 2.24) is 29.5 Å². The van der Waals surface area contributed by atoms with Crippen LogP contribution in [0.2, 0.25) is 0 Å². The van der Waals surface area contributed by atoms with E-state index in [-0.39, 0.29) is 25.2 Å². The lowest BCUT2D eigenvalue weighted by molar-refractivity contribution is -0.124. The molecule has 1 aliphatic rings. The van der Waals surface area contributed by atoms with Gasteiger partial charge in [0.2, 0.25) is 5.91 Å². The Morgan fingerprint density at radius 2 is 1.97 bits per heavy atom. The number of carbonyl (C=O) groups is 3. The van der Waals surface area contributed by atoms with Crippen molar-refractivity contribution in [3.05, 3.63) is 57.6 Å². The van der Waals surface area contributed by atoms with Gasteiger partial charge in [-0.1, -0.05) is 12.1 Å². The molecule has 12 heteroatoms. The van der Waals surface area contributed by atoms with E-state index in [1.54, 1.807) is 44.5 Å². The molecule has 0 bridgehead atoms. The lowest BCUT2D eigenvalue weighted by Crippen LogP contribution is -2.39. The van der Waals surface area contributed by atoms with E-state index >= 15 is 0 Å². The normalized spacial score (nSPS) is 15.0. The fourth-order valence-electron chi connectivity index (χ4n) is 3.24. The van der Waals surface area contributed by atoms with Gasteiger partial charge in [-0.2, -0.15) is 5.10 Å². The van der Waals surface area contributed by atoms with Crippen LogP contribution in [0.15, 0.2) is 46.5 Å². The van der Waals surface area contributed by atoms with Crippen molar-refractivity contribution in [3.63, 3.8) is 0 Å². The molecular weight excluding hydrogens is 448 g/mol. The maximum Gasteiger partial charge on any atom is 0.293 e. The van der Waals surface area contributed by atoms with Crippen molar-refractivity contribution >= 4 is 45.9 Å². The van der Waals surface area contributed by atoms with Crippen LogP contribution < -0.4 is 15.6 Å². The topological polar surface area (TPSA) is 128 Å². The first-order valence-electron chi connectivity index (χ1n) is 9.90. The Balaban J connectivity index is 1.33. The number of amides is 3. The molecule has 3 heterocycles. The van der Waals surface area contributed by atoms with E-state index in [1.807, 2.05) is 0 Å². The molecule has 0 spiro atoms. The zero-order valence-corrected chi connectivity index (χ0v) is 18.7. The molecule has 2 aromatic heterocycles. The van der Waals surface area contributed by atoms with Crippen LogP contribution in [-0.2, 0) is 23.2 Å². The monoisotopic (exact) mass is 468 g/mol. The summed E-state index contributed by atoms with van der Waals surface area (Å²) in [5.41, 5.74) is 0.816. The molecule has 1 fully saturated rings. The fraction of sp³-hybridized carbons (Fsp3) is 0.238. The largest absolute Gasteiger partial charge is 0.497 e. The second-order valence-electron chi connectivity index (χ2n) is 7.14. The minimum atomic E-state index is -0.442. The Labute approximate surface area is 192 Å². The van der Waals surface area contributed by atoms with Gasteiger partial charge in [0.1, 0.15) is 24.0 Å². The van der Waals surface area contributed by atoms with Crippen LogP contribution in [0.5, 0.6) is 5.75 Å². The van der Waals surface area contributed by atoms with Crippen molar-refractivity contribution in [3.8, 4) is 5.75 Å². The maximum absolute atomic E-state index is 12.6. The van der Waals surface area contributed by atoms with Gasteiger partial charge in [0.05, 0.1) is 18.2 Å². The van der Waals surface area contributed by atoms with Crippen molar-refractivity contribution < 1.29 is 19.1 Å². The molecule has 4 rings (SSSR count). The third kappa shape index (κ3) is 4.65. The summed E-state index contributed by atoms with van der Waals surface area (Å²) in [6.45, 7) is -0.162. The van der Waals surface area contributed by atoms with Gasteiger partial charge in [0.25, 0.3) is 16.7 Å². The summed E-state index contributed by atoms with van der Waals surface area (Å²) >= 11 is 0.846. The van der Waals surface area contributed by atoms with E-state index < -0.39 is 17.1 Å². The Kier molecular flexibility index (Phi) is 6.27. The van der Waals surface area contributed by atoms with Crippen LogP contribution in [0.1, 0.15) is 5.56 Å². The van der Waals surface area contributed by atoms with Gasteiger partial charge in [0.15, 0.2) is 5.65 Å². The van der Waals surface area contributed by atoms with Crippen LogP contribution in [0.25, 0.3) is 17.1 Å². The third-order valence-electron chi connectivity index (χ3n) is 4.98. The summed E-state index contributed by atoms with van der Waals surface area (Å²) in [6.07, 6.45) is 4.32. The number of benzene rings is 1. The molecule has 1 N–H and O–H groups in total. The van der Waals surface area contributed by atoms with E-state index in [4.69, 9.17) is 4.74 Å². The van der Waals surface area contributed by atoms with Crippen LogP contribution in [0, 0.1) is 0 Å². The number of carbonyl (C=O) groups excluding carboxylic acids is 3. The number of hydrogen-bond donors (Lipinski definition) is 1. The molecule has 0 aliphatic carbocycles. The first-order valence-corrected chi connectivity index (χ1v) is 10.7. The van der Waals surface area contributed by atoms with Gasteiger partial charge in [-0.15, -0.1) is 0 Å². The van der Waals surface area contributed by atoms with E-state index in [0.717, 1.165) is 22.2 Å². The number of aromatic nitrogens is 4. The van der Waals surface area contributed by atoms with Gasteiger partial charge in [-0.25, -0.2) is 4.98 Å². The lowest BCUT2D eigenvalue weighted by atomic mass is 10.2. The van der Waals surface area contributed by atoms with Crippen molar-refractivity contribution in [2.24, 2.45) is 7.05 Å². The quantitative estimate of drug-likeness (QED) is 0.509. The average molecular weight is 468 g/mol. The highest BCUT2D eigenvalue weighted by Gasteiger charge is 2.34. The molecule has 0 unspecified atom stereocenters. The summed E-state index contributed by atoms with van der Waals surface area (Å²) in [5, 5.41) is 6.51. The number of aryl methyl sites for hydroxylation is 1. The number of ether oxygens (including phenoxy) is 1. The van der Waals surface area contributed by atoms with Crippen molar-refractivity contribution in [2.45, 2.75) is 6.54 Å². The van der Waals surface area contributed by atoms with E-state index in [0.29, 0.717) is 21.7 Å². The molecule has 33 heavy (non-hydrogen) atoms. The van der Waals surface area contributed by atoms with Crippen LogP contribution in [0.4, 0.5) is 4.79 Å². The van der Waals surface area contributed by atoms with Gasteiger partial charge in [-0.3, -0.25) is 33.3 Å². The summed E-state index contributed by atoms with van der Waals surface area (Å²) in [7, 11) is 3.23. The second kappa shape index (κ2) is 9.28. The number of rotatable bonds is 7. The number of imide groups is 1. The smallest absolute Gasteiger partial charge is 0.293 e. The lowest BCUT2D eigenvalue weighted by Gasteiger charge is -2.13. The first-order chi connectivity index (χ1) is 15.9. The number of thioether (sulfide) groups is 1. The van der Waals surface area contributed by atoms with Crippen LogP contribution in [-0.4, -0.2) is 61.5 Å². The third-order valence-corrected chi connectivity index (χ3v) is 5.88. The SMILES string of the molecule is COc1ccc(C=C2SC(=O)N(CCNC(=O)Cn3cnc4c(cnn4C)c3=O)C2=O)cc1. The van der Waals surface area contributed by atoms with Gasteiger partial charge < -0.3 is 10.1 Å². The molecule has 1 aromatic carbocycles. The Hall–Kier alpha value is -3.93. The number of fused-ring (bicyclic) bond motifs is 1. The minimum Gasteiger partial charge on any atom is -0.497 e. The van der Waals surface area contributed by atoms with Gasteiger partial charge in [0, 0.05) is 20.1 Å².